The van der Waals surface area contributed by atoms with Gasteiger partial charge in [-0.05, 0) is 55.5 Å². The van der Waals surface area contributed by atoms with Gasteiger partial charge in [-0.3, -0.25) is 0 Å². The minimum atomic E-state index is -0.267. The highest BCUT2D eigenvalue weighted by Crippen LogP contribution is 2.30. The van der Waals surface area contributed by atoms with Crippen LogP contribution in [0.4, 0.5) is 10.5 Å². The number of rotatable bonds is 10. The molecule has 0 atom stereocenters. The standard InChI is InChI=1S/C24H34N2O4/c1-6-28-21-14-11-19(17-22(21)29-7-2)26-23(27)25-15-8-16-30-20-12-9-18(10-13-20)24(3,4)5/h9-14,17H,6-8,15-16H2,1-5H3,(H2,25,26,27). The molecule has 0 radical (unpaired) electrons. The van der Waals surface area contributed by atoms with Crippen LogP contribution in [-0.2, 0) is 5.41 Å². The summed E-state index contributed by atoms with van der Waals surface area (Å²) < 4.78 is 16.9. The summed E-state index contributed by atoms with van der Waals surface area (Å²) in [4.78, 5) is 12.1. The Morgan fingerprint density at radius 1 is 0.900 bits per heavy atom. The highest BCUT2D eigenvalue weighted by atomic mass is 16.5. The van der Waals surface area contributed by atoms with Crippen LogP contribution < -0.4 is 24.8 Å². The zero-order valence-corrected chi connectivity index (χ0v) is 18.7. The van der Waals surface area contributed by atoms with Crippen LogP contribution in [0.15, 0.2) is 42.5 Å². The fourth-order valence-electron chi connectivity index (χ4n) is 2.82. The Kier molecular flexibility index (Phi) is 8.84. The molecule has 164 valence electrons. The van der Waals surface area contributed by atoms with Crippen molar-refractivity contribution in [3.05, 3.63) is 48.0 Å². The lowest BCUT2D eigenvalue weighted by Crippen LogP contribution is -2.30. The van der Waals surface area contributed by atoms with Gasteiger partial charge in [-0.25, -0.2) is 4.79 Å². The number of urea groups is 1. The number of ether oxygens (including phenoxy) is 3. The summed E-state index contributed by atoms with van der Waals surface area (Å²) in [6.07, 6.45) is 0.710. The number of amides is 2. The van der Waals surface area contributed by atoms with E-state index in [1.165, 1.54) is 5.56 Å². The van der Waals surface area contributed by atoms with Crippen LogP contribution >= 0.6 is 0 Å². The van der Waals surface area contributed by atoms with Gasteiger partial charge in [0, 0.05) is 18.3 Å². The summed E-state index contributed by atoms with van der Waals surface area (Å²) in [6, 6.07) is 13.2. The van der Waals surface area contributed by atoms with Gasteiger partial charge in [-0.2, -0.15) is 0 Å². The molecule has 2 aromatic rings. The largest absolute Gasteiger partial charge is 0.494 e. The molecule has 2 N–H and O–H groups in total. The molecule has 6 nitrogen and oxygen atoms in total. The minimum Gasteiger partial charge on any atom is -0.494 e. The first-order valence-corrected chi connectivity index (χ1v) is 10.5. The molecule has 0 spiro atoms. The van der Waals surface area contributed by atoms with Gasteiger partial charge >= 0.3 is 6.03 Å². The molecule has 0 saturated heterocycles. The molecule has 0 heterocycles. The first-order valence-electron chi connectivity index (χ1n) is 10.5. The van der Waals surface area contributed by atoms with Gasteiger partial charge in [0.2, 0.25) is 0 Å². The van der Waals surface area contributed by atoms with Crippen molar-refractivity contribution in [2.75, 3.05) is 31.7 Å². The highest BCUT2D eigenvalue weighted by Gasteiger charge is 2.13. The van der Waals surface area contributed by atoms with E-state index in [0.717, 1.165) is 5.75 Å². The van der Waals surface area contributed by atoms with Gasteiger partial charge in [-0.1, -0.05) is 32.9 Å². The average Bonchev–Trinajstić information content (AvgIpc) is 2.70. The van der Waals surface area contributed by atoms with Gasteiger partial charge in [0.05, 0.1) is 19.8 Å². The lowest BCUT2D eigenvalue weighted by atomic mass is 9.87. The lowest BCUT2D eigenvalue weighted by molar-refractivity contribution is 0.250. The number of carbonyl (C=O) groups is 1. The lowest BCUT2D eigenvalue weighted by Gasteiger charge is -2.19. The van der Waals surface area contributed by atoms with Crippen LogP contribution in [0.25, 0.3) is 0 Å². The van der Waals surface area contributed by atoms with E-state index < -0.39 is 0 Å². The molecule has 0 aromatic heterocycles. The predicted octanol–water partition coefficient (Wildman–Crippen LogP) is 5.37. The fraction of sp³-hybridized carbons (Fsp3) is 0.458. The molecule has 0 saturated carbocycles. The fourth-order valence-corrected chi connectivity index (χ4v) is 2.82. The Hall–Kier alpha value is -2.89. The van der Waals surface area contributed by atoms with E-state index in [1.807, 2.05) is 26.0 Å². The predicted molar refractivity (Wildman–Crippen MR) is 121 cm³/mol. The van der Waals surface area contributed by atoms with Crippen LogP contribution in [0.5, 0.6) is 17.2 Å². The summed E-state index contributed by atoms with van der Waals surface area (Å²) in [6.45, 7) is 12.5. The molecule has 6 heteroatoms. The van der Waals surface area contributed by atoms with Crippen LogP contribution in [0, 0.1) is 0 Å². The SMILES string of the molecule is CCOc1ccc(NC(=O)NCCCOc2ccc(C(C)(C)C)cc2)cc1OCC. The molecule has 0 aliphatic carbocycles. The highest BCUT2D eigenvalue weighted by molar-refractivity contribution is 5.89. The Bertz CT molecular complexity index is 798. The molecule has 2 aromatic carbocycles. The first-order chi connectivity index (χ1) is 14.3. The maximum atomic E-state index is 12.1. The average molecular weight is 415 g/mol. The van der Waals surface area contributed by atoms with Crippen molar-refractivity contribution in [2.24, 2.45) is 0 Å². The third-order valence-electron chi connectivity index (χ3n) is 4.40. The topological polar surface area (TPSA) is 68.8 Å². The molecule has 2 amide bonds. The molecule has 30 heavy (non-hydrogen) atoms. The van der Waals surface area contributed by atoms with Gasteiger partial charge in [0.25, 0.3) is 0 Å². The number of carbonyl (C=O) groups excluding carboxylic acids is 1. The molecule has 0 bridgehead atoms. The van der Waals surface area contributed by atoms with E-state index in [0.29, 0.717) is 50.0 Å². The van der Waals surface area contributed by atoms with Crippen molar-refractivity contribution in [3.63, 3.8) is 0 Å². The maximum absolute atomic E-state index is 12.1. The Balaban J connectivity index is 1.73. The normalized spacial score (nSPS) is 11.0. The van der Waals surface area contributed by atoms with Crippen molar-refractivity contribution in [1.29, 1.82) is 0 Å². The Morgan fingerprint density at radius 3 is 2.20 bits per heavy atom. The van der Waals surface area contributed by atoms with Crippen LogP contribution in [0.3, 0.4) is 0 Å². The Morgan fingerprint density at radius 2 is 1.57 bits per heavy atom. The van der Waals surface area contributed by atoms with Crippen molar-refractivity contribution < 1.29 is 19.0 Å². The monoisotopic (exact) mass is 414 g/mol. The molecule has 0 aliphatic heterocycles. The van der Waals surface area contributed by atoms with Crippen molar-refractivity contribution in [3.8, 4) is 17.2 Å². The smallest absolute Gasteiger partial charge is 0.319 e. The summed E-state index contributed by atoms with van der Waals surface area (Å²) in [5.74, 6) is 2.12. The minimum absolute atomic E-state index is 0.128. The summed E-state index contributed by atoms with van der Waals surface area (Å²) in [5, 5.41) is 5.65. The molecule has 2 rings (SSSR count). The quantitative estimate of drug-likeness (QED) is 0.513. The molecule has 0 aliphatic rings. The third kappa shape index (κ3) is 7.50. The van der Waals surface area contributed by atoms with Crippen molar-refractivity contribution in [2.45, 2.75) is 46.5 Å². The summed E-state index contributed by atoms with van der Waals surface area (Å²) in [7, 11) is 0. The van der Waals surface area contributed by atoms with Gasteiger partial charge in [0.15, 0.2) is 11.5 Å². The van der Waals surface area contributed by atoms with Gasteiger partial charge < -0.3 is 24.8 Å². The van der Waals surface area contributed by atoms with Gasteiger partial charge in [0.1, 0.15) is 5.75 Å². The number of benzene rings is 2. The molecular weight excluding hydrogens is 380 g/mol. The number of anilines is 1. The number of nitrogens with one attached hydrogen (secondary N) is 2. The summed E-state index contributed by atoms with van der Waals surface area (Å²) in [5.41, 5.74) is 2.05. The van der Waals surface area contributed by atoms with Crippen molar-refractivity contribution in [1.82, 2.24) is 5.32 Å². The van der Waals surface area contributed by atoms with E-state index in [1.54, 1.807) is 18.2 Å². The van der Waals surface area contributed by atoms with Crippen LogP contribution in [0.1, 0.15) is 46.6 Å². The third-order valence-corrected chi connectivity index (χ3v) is 4.40. The number of hydrogen-bond donors (Lipinski definition) is 2. The summed E-state index contributed by atoms with van der Waals surface area (Å²) >= 11 is 0. The van der Waals surface area contributed by atoms with Crippen LogP contribution in [0.2, 0.25) is 0 Å². The van der Waals surface area contributed by atoms with Crippen LogP contribution in [-0.4, -0.2) is 32.4 Å². The second-order valence-electron chi connectivity index (χ2n) is 7.88. The second kappa shape index (κ2) is 11.3. The molecule has 0 unspecified atom stereocenters. The van der Waals surface area contributed by atoms with E-state index in [-0.39, 0.29) is 11.4 Å². The second-order valence-corrected chi connectivity index (χ2v) is 7.88. The Labute approximate surface area is 179 Å². The molecule has 0 fully saturated rings. The van der Waals surface area contributed by atoms with E-state index in [4.69, 9.17) is 14.2 Å². The van der Waals surface area contributed by atoms with E-state index >= 15 is 0 Å². The van der Waals surface area contributed by atoms with E-state index in [9.17, 15) is 4.79 Å². The van der Waals surface area contributed by atoms with Crippen molar-refractivity contribution >= 4 is 11.7 Å². The van der Waals surface area contributed by atoms with Gasteiger partial charge in [-0.15, -0.1) is 0 Å². The number of hydrogen-bond acceptors (Lipinski definition) is 4. The van der Waals surface area contributed by atoms with E-state index in [2.05, 4.69) is 43.5 Å². The zero-order chi connectivity index (χ0) is 22.0. The zero-order valence-electron chi connectivity index (χ0n) is 18.7. The maximum Gasteiger partial charge on any atom is 0.319 e. The first kappa shape index (κ1) is 23.4. The molecular formula is C24H34N2O4.